The van der Waals surface area contributed by atoms with Crippen molar-refractivity contribution in [3.05, 3.63) is 51.2 Å². The average Bonchev–Trinajstić information content (AvgIpc) is 2.46. The maximum atomic E-state index is 11.9. The molecule has 0 radical (unpaired) electrons. The van der Waals surface area contributed by atoms with Gasteiger partial charge < -0.3 is 4.74 Å². The van der Waals surface area contributed by atoms with Crippen molar-refractivity contribution in [3.8, 4) is 0 Å². The highest BCUT2D eigenvalue weighted by Gasteiger charge is 2.13. The molecule has 2 aromatic rings. The molecular weight excluding hydrogens is 321 g/mol. The zero-order valence-corrected chi connectivity index (χ0v) is 14.3. The molecule has 2 rings (SSSR count). The molecule has 1 heterocycles. The van der Waals surface area contributed by atoms with Gasteiger partial charge in [-0.3, -0.25) is 4.98 Å². The Morgan fingerprint density at radius 2 is 2.14 bits per heavy atom. The Bertz CT molecular complexity index is 750. The number of carbonyl (C=O) groups excluding carboxylic acids is 1. The number of allylic oxidation sites excluding steroid dienone is 2. The lowest BCUT2D eigenvalue weighted by Gasteiger charge is -2.11. The van der Waals surface area contributed by atoms with Crippen molar-refractivity contribution >= 4 is 40.1 Å². The summed E-state index contributed by atoms with van der Waals surface area (Å²) in [5.74, 6) is -0.362. The van der Waals surface area contributed by atoms with E-state index in [1.165, 1.54) is 0 Å². The van der Waals surface area contributed by atoms with Gasteiger partial charge in [0.05, 0.1) is 22.7 Å². The van der Waals surface area contributed by atoms with Gasteiger partial charge in [-0.1, -0.05) is 29.3 Å². The lowest BCUT2D eigenvalue weighted by molar-refractivity contribution is 0.0526. The topological polar surface area (TPSA) is 39.2 Å². The minimum atomic E-state index is -0.362. The van der Waals surface area contributed by atoms with Crippen LogP contribution in [0.15, 0.2) is 29.3 Å². The van der Waals surface area contributed by atoms with E-state index < -0.39 is 0 Å². The maximum absolute atomic E-state index is 11.9. The molecule has 0 atom stereocenters. The number of benzene rings is 1. The monoisotopic (exact) mass is 337 g/mol. The third-order valence-corrected chi connectivity index (χ3v) is 3.91. The van der Waals surface area contributed by atoms with Crippen LogP contribution in [0.1, 0.15) is 35.5 Å². The van der Waals surface area contributed by atoms with E-state index in [1.54, 1.807) is 25.1 Å². The minimum absolute atomic E-state index is 0.335. The molecule has 116 valence electrons. The zero-order valence-electron chi connectivity index (χ0n) is 12.7. The van der Waals surface area contributed by atoms with Crippen LogP contribution >= 0.6 is 23.2 Å². The first-order chi connectivity index (χ1) is 10.4. The summed E-state index contributed by atoms with van der Waals surface area (Å²) in [4.78, 5) is 16.4. The normalized spacial score (nSPS) is 11.8. The fourth-order valence-corrected chi connectivity index (χ4v) is 2.64. The number of fused-ring (bicyclic) bond motifs is 1. The Kier molecular flexibility index (Phi) is 5.43. The van der Waals surface area contributed by atoms with Crippen molar-refractivity contribution in [2.75, 3.05) is 6.61 Å². The van der Waals surface area contributed by atoms with Gasteiger partial charge in [0, 0.05) is 16.1 Å². The molecule has 1 aromatic carbocycles. The number of esters is 1. The summed E-state index contributed by atoms with van der Waals surface area (Å²) < 4.78 is 5.02. The van der Waals surface area contributed by atoms with E-state index in [2.05, 4.69) is 4.98 Å². The van der Waals surface area contributed by atoms with Crippen LogP contribution in [0.4, 0.5) is 0 Å². The molecule has 0 saturated carbocycles. The highest BCUT2D eigenvalue weighted by Crippen LogP contribution is 2.30. The van der Waals surface area contributed by atoms with Crippen LogP contribution < -0.4 is 0 Å². The van der Waals surface area contributed by atoms with E-state index in [0.717, 1.165) is 22.2 Å². The Hall–Kier alpha value is -1.58. The van der Waals surface area contributed by atoms with Crippen LogP contribution in [-0.4, -0.2) is 17.6 Å². The summed E-state index contributed by atoms with van der Waals surface area (Å²) in [5.41, 5.74) is 2.99. The van der Waals surface area contributed by atoms with Gasteiger partial charge in [-0.15, -0.1) is 0 Å². The van der Waals surface area contributed by atoms with Crippen LogP contribution in [0.2, 0.25) is 5.02 Å². The molecular formula is C17H17Cl2NO2. The summed E-state index contributed by atoms with van der Waals surface area (Å²) in [5, 5.41) is 2.05. The molecule has 0 unspecified atom stereocenters. The number of ether oxygens (including phenoxy) is 1. The van der Waals surface area contributed by atoms with E-state index >= 15 is 0 Å². The van der Waals surface area contributed by atoms with Gasteiger partial charge in [0.1, 0.15) is 0 Å². The number of carbonyl (C=O) groups is 1. The van der Waals surface area contributed by atoms with Crippen molar-refractivity contribution in [1.29, 1.82) is 0 Å². The van der Waals surface area contributed by atoms with Gasteiger partial charge in [-0.05, 0) is 51.0 Å². The van der Waals surface area contributed by atoms with Crippen LogP contribution in [0.3, 0.4) is 0 Å². The number of nitrogens with zero attached hydrogens (tertiary/aromatic N) is 1. The quantitative estimate of drug-likeness (QED) is 0.732. The number of halogens is 2. The van der Waals surface area contributed by atoms with Gasteiger partial charge in [0.15, 0.2) is 0 Å². The van der Waals surface area contributed by atoms with E-state index in [9.17, 15) is 4.79 Å². The molecule has 0 fully saturated rings. The van der Waals surface area contributed by atoms with Gasteiger partial charge in [0.2, 0.25) is 0 Å². The molecule has 0 bridgehead atoms. The van der Waals surface area contributed by atoms with Crippen LogP contribution in [0.5, 0.6) is 0 Å². The maximum Gasteiger partial charge on any atom is 0.338 e. The number of hydrogen-bond acceptors (Lipinski definition) is 3. The summed E-state index contributed by atoms with van der Waals surface area (Å²) in [6, 6.07) is 5.21. The third-order valence-electron chi connectivity index (χ3n) is 3.32. The molecule has 0 N–H and O–H groups in total. The number of pyridine rings is 1. The van der Waals surface area contributed by atoms with Crippen molar-refractivity contribution in [1.82, 2.24) is 4.98 Å². The Morgan fingerprint density at radius 3 is 2.77 bits per heavy atom. The Labute approximate surface area is 139 Å². The molecule has 0 aliphatic rings. The van der Waals surface area contributed by atoms with Crippen molar-refractivity contribution < 1.29 is 9.53 Å². The van der Waals surface area contributed by atoms with Crippen LogP contribution in [0.25, 0.3) is 10.9 Å². The highest BCUT2D eigenvalue weighted by atomic mass is 35.5. The minimum Gasteiger partial charge on any atom is -0.462 e. The lowest BCUT2D eigenvalue weighted by atomic mass is 10.0. The lowest BCUT2D eigenvalue weighted by Crippen LogP contribution is -2.05. The Balaban J connectivity index is 2.55. The van der Waals surface area contributed by atoms with Crippen molar-refractivity contribution in [2.24, 2.45) is 0 Å². The van der Waals surface area contributed by atoms with Crippen molar-refractivity contribution in [3.63, 3.8) is 0 Å². The number of aromatic nitrogens is 1. The SMILES string of the molecule is CCOC(=O)c1ccc2nc(C)c(CC=C(C)Cl)c(Cl)c2c1. The smallest absolute Gasteiger partial charge is 0.338 e. The first-order valence-corrected chi connectivity index (χ1v) is 7.77. The average molecular weight is 338 g/mol. The molecule has 0 aliphatic carbocycles. The molecule has 3 nitrogen and oxygen atoms in total. The third kappa shape index (κ3) is 3.60. The molecule has 0 saturated heterocycles. The molecule has 0 spiro atoms. The van der Waals surface area contributed by atoms with Gasteiger partial charge in [-0.25, -0.2) is 4.79 Å². The Morgan fingerprint density at radius 1 is 1.41 bits per heavy atom. The van der Waals surface area contributed by atoms with Gasteiger partial charge in [-0.2, -0.15) is 0 Å². The molecule has 1 aromatic heterocycles. The van der Waals surface area contributed by atoms with E-state index in [-0.39, 0.29) is 5.97 Å². The summed E-state index contributed by atoms with van der Waals surface area (Å²) in [7, 11) is 0. The fourth-order valence-electron chi connectivity index (χ4n) is 2.20. The first kappa shape index (κ1) is 16.8. The van der Waals surface area contributed by atoms with Gasteiger partial charge >= 0.3 is 5.97 Å². The molecule has 22 heavy (non-hydrogen) atoms. The van der Waals surface area contributed by atoms with E-state index in [1.807, 2.05) is 19.9 Å². The van der Waals surface area contributed by atoms with Gasteiger partial charge in [0.25, 0.3) is 0 Å². The second-order valence-electron chi connectivity index (χ2n) is 4.94. The number of aryl methyl sites for hydroxylation is 1. The van der Waals surface area contributed by atoms with Crippen molar-refractivity contribution in [2.45, 2.75) is 27.2 Å². The highest BCUT2D eigenvalue weighted by molar-refractivity contribution is 6.36. The number of rotatable bonds is 4. The molecule has 0 aliphatic heterocycles. The number of hydrogen-bond donors (Lipinski definition) is 0. The largest absolute Gasteiger partial charge is 0.462 e. The van der Waals surface area contributed by atoms with Crippen LogP contribution in [-0.2, 0) is 11.2 Å². The first-order valence-electron chi connectivity index (χ1n) is 7.02. The standard InChI is InChI=1S/C17H17Cl2NO2/c1-4-22-17(21)12-6-8-15-14(9-12)16(19)13(11(3)20-15)7-5-10(2)18/h5-6,8-9H,4,7H2,1-3H3. The van der Waals surface area contributed by atoms with E-state index in [0.29, 0.717) is 28.6 Å². The van der Waals surface area contributed by atoms with E-state index in [4.69, 9.17) is 27.9 Å². The second kappa shape index (κ2) is 7.12. The van der Waals surface area contributed by atoms with Crippen LogP contribution in [0, 0.1) is 6.92 Å². The molecule has 5 heteroatoms. The predicted molar refractivity (Wildman–Crippen MR) is 90.8 cm³/mol. The summed E-state index contributed by atoms with van der Waals surface area (Å²) in [6.07, 6.45) is 2.49. The fraction of sp³-hybridized carbons (Fsp3) is 0.294. The summed E-state index contributed by atoms with van der Waals surface area (Å²) in [6.45, 7) is 5.84. The zero-order chi connectivity index (χ0) is 16.3. The summed E-state index contributed by atoms with van der Waals surface area (Å²) >= 11 is 12.4. The molecule has 0 amide bonds. The second-order valence-corrected chi connectivity index (χ2v) is 5.91. The predicted octanol–water partition coefficient (Wildman–Crippen LogP) is 5.06.